The second kappa shape index (κ2) is 7.55. The molecule has 0 spiro atoms. The number of carbonyl (C=O) groups excluding carboxylic acids is 1. The van der Waals surface area contributed by atoms with E-state index in [1.165, 1.54) is 42.3 Å². The van der Waals surface area contributed by atoms with Crippen molar-refractivity contribution in [1.82, 2.24) is 19.6 Å². The van der Waals surface area contributed by atoms with E-state index >= 15 is 0 Å². The summed E-state index contributed by atoms with van der Waals surface area (Å²) in [5, 5.41) is 10.1. The summed E-state index contributed by atoms with van der Waals surface area (Å²) in [5.41, 5.74) is -0.624. The molecule has 0 unspecified atom stereocenters. The molecule has 0 saturated carbocycles. The van der Waals surface area contributed by atoms with Crippen LogP contribution in [0.5, 0.6) is 0 Å². The fourth-order valence-electron chi connectivity index (χ4n) is 2.46. The number of alkyl halides is 3. The zero-order chi connectivity index (χ0) is 20.6. The van der Waals surface area contributed by atoms with Crippen molar-refractivity contribution in [3.63, 3.8) is 0 Å². The van der Waals surface area contributed by atoms with Crippen LogP contribution >= 0.6 is 27.5 Å². The Kier molecular flexibility index (Phi) is 5.48. The molecule has 2 heterocycles. The van der Waals surface area contributed by atoms with Crippen molar-refractivity contribution in [2.24, 2.45) is 7.05 Å². The van der Waals surface area contributed by atoms with Crippen molar-refractivity contribution in [3.05, 3.63) is 62.9 Å². The molecule has 148 valence electrons. The Labute approximate surface area is 169 Å². The molecular formula is C16H11BrClF4N5O. The molecule has 0 aliphatic carbocycles. The molecule has 1 N–H and O–H groups in total. The minimum Gasteiger partial charge on any atom is -0.318 e. The lowest BCUT2D eigenvalue weighted by molar-refractivity contribution is -0.142. The van der Waals surface area contributed by atoms with Gasteiger partial charge in [-0.05, 0) is 33.6 Å². The predicted octanol–water partition coefficient (Wildman–Crippen LogP) is 4.49. The number of halogens is 6. The third-order valence-corrected chi connectivity index (χ3v) is 4.81. The number of benzene rings is 1. The molecule has 1 amide bonds. The summed E-state index contributed by atoms with van der Waals surface area (Å²) in [5.74, 6) is -1.26. The van der Waals surface area contributed by atoms with Gasteiger partial charge < -0.3 is 5.32 Å². The molecule has 3 aromatic rings. The Morgan fingerprint density at radius 2 is 2.07 bits per heavy atom. The van der Waals surface area contributed by atoms with Gasteiger partial charge in [0.1, 0.15) is 11.5 Å². The van der Waals surface area contributed by atoms with Crippen LogP contribution in [0.2, 0.25) is 5.02 Å². The van der Waals surface area contributed by atoms with Crippen LogP contribution in [0.3, 0.4) is 0 Å². The molecular weight excluding hydrogens is 470 g/mol. The number of nitrogens with one attached hydrogen (secondary N) is 1. The largest absolute Gasteiger partial charge is 0.436 e. The highest BCUT2D eigenvalue weighted by molar-refractivity contribution is 9.10. The second-order valence-corrected chi connectivity index (χ2v) is 6.95. The number of rotatable bonds is 4. The van der Waals surface area contributed by atoms with E-state index in [-0.39, 0.29) is 22.9 Å². The van der Waals surface area contributed by atoms with Crippen molar-refractivity contribution >= 4 is 39.1 Å². The maximum atomic E-state index is 13.1. The highest BCUT2D eigenvalue weighted by Gasteiger charge is 2.39. The van der Waals surface area contributed by atoms with Gasteiger partial charge in [-0.3, -0.25) is 14.2 Å². The highest BCUT2D eigenvalue weighted by atomic mass is 79.9. The van der Waals surface area contributed by atoms with E-state index in [1.54, 1.807) is 0 Å². The first-order valence-electron chi connectivity index (χ1n) is 7.63. The molecule has 0 saturated heterocycles. The van der Waals surface area contributed by atoms with Crippen molar-refractivity contribution in [2.75, 3.05) is 5.32 Å². The van der Waals surface area contributed by atoms with Gasteiger partial charge in [-0.15, -0.1) is 0 Å². The number of hydrogen-bond acceptors (Lipinski definition) is 3. The van der Waals surface area contributed by atoms with E-state index in [0.29, 0.717) is 5.56 Å². The fourth-order valence-corrected chi connectivity index (χ4v) is 3.42. The molecule has 0 atom stereocenters. The summed E-state index contributed by atoms with van der Waals surface area (Å²) in [6.45, 7) is 0.211. The maximum Gasteiger partial charge on any atom is 0.436 e. The van der Waals surface area contributed by atoms with Crippen molar-refractivity contribution < 1.29 is 22.4 Å². The van der Waals surface area contributed by atoms with Gasteiger partial charge in [-0.2, -0.15) is 23.4 Å². The van der Waals surface area contributed by atoms with E-state index in [1.807, 2.05) is 0 Å². The molecule has 12 heteroatoms. The average Bonchev–Trinajstić information content (AvgIpc) is 3.13. The molecule has 3 rings (SSSR count). The van der Waals surface area contributed by atoms with Gasteiger partial charge in [0.15, 0.2) is 5.69 Å². The highest BCUT2D eigenvalue weighted by Crippen LogP contribution is 2.35. The van der Waals surface area contributed by atoms with Crippen LogP contribution in [-0.4, -0.2) is 25.5 Å². The molecule has 0 fully saturated rings. The van der Waals surface area contributed by atoms with E-state index in [9.17, 15) is 22.4 Å². The Bertz CT molecular complexity index is 1050. The van der Waals surface area contributed by atoms with E-state index in [4.69, 9.17) is 11.6 Å². The maximum absolute atomic E-state index is 13.1. The monoisotopic (exact) mass is 479 g/mol. The first-order chi connectivity index (χ1) is 13.1. The van der Waals surface area contributed by atoms with Gasteiger partial charge in [0.05, 0.1) is 22.9 Å². The lowest BCUT2D eigenvalue weighted by Crippen LogP contribution is -2.16. The zero-order valence-corrected chi connectivity index (χ0v) is 16.4. The molecule has 0 aliphatic rings. The predicted molar refractivity (Wildman–Crippen MR) is 96.6 cm³/mol. The summed E-state index contributed by atoms with van der Waals surface area (Å²) in [6.07, 6.45) is -1.91. The van der Waals surface area contributed by atoms with E-state index in [2.05, 4.69) is 31.4 Å². The van der Waals surface area contributed by atoms with Crippen molar-refractivity contribution in [3.8, 4) is 0 Å². The average molecular weight is 481 g/mol. The molecule has 6 nitrogen and oxygen atoms in total. The Hall–Kier alpha value is -2.40. The van der Waals surface area contributed by atoms with Crippen LogP contribution in [0.1, 0.15) is 21.7 Å². The quantitative estimate of drug-likeness (QED) is 0.560. The van der Waals surface area contributed by atoms with Gasteiger partial charge in [-0.25, -0.2) is 4.39 Å². The van der Waals surface area contributed by atoms with E-state index in [0.717, 1.165) is 4.68 Å². The summed E-state index contributed by atoms with van der Waals surface area (Å²) < 4.78 is 53.7. The summed E-state index contributed by atoms with van der Waals surface area (Å²) in [4.78, 5) is 12.4. The minimum atomic E-state index is -4.70. The van der Waals surface area contributed by atoms with E-state index < -0.39 is 28.1 Å². The van der Waals surface area contributed by atoms with Crippen LogP contribution in [0.15, 0.2) is 35.1 Å². The van der Waals surface area contributed by atoms with Crippen LogP contribution < -0.4 is 5.32 Å². The van der Waals surface area contributed by atoms with Crippen LogP contribution in [0.4, 0.5) is 23.2 Å². The Balaban J connectivity index is 1.77. The second-order valence-electron chi connectivity index (χ2n) is 5.75. The number of aromatic nitrogens is 4. The Morgan fingerprint density at radius 3 is 2.68 bits per heavy atom. The number of carbonyl (C=O) groups is 1. The van der Waals surface area contributed by atoms with Crippen LogP contribution in [0, 0.1) is 5.82 Å². The SMILES string of the molecule is Cn1nc(C(F)(F)F)c(Br)c1C(=O)Nc1cnn(Cc2ccc(F)cc2Cl)c1. The van der Waals surface area contributed by atoms with Gasteiger partial charge in [0.2, 0.25) is 0 Å². The summed E-state index contributed by atoms with van der Waals surface area (Å²) in [6, 6.07) is 3.93. The smallest absolute Gasteiger partial charge is 0.318 e. The normalized spacial score (nSPS) is 11.7. The molecule has 0 aliphatic heterocycles. The zero-order valence-electron chi connectivity index (χ0n) is 14.1. The third-order valence-electron chi connectivity index (χ3n) is 3.71. The third kappa shape index (κ3) is 4.20. The fraction of sp³-hybridized carbons (Fsp3) is 0.188. The van der Waals surface area contributed by atoms with Gasteiger partial charge in [0.25, 0.3) is 5.91 Å². The summed E-state index contributed by atoms with van der Waals surface area (Å²) >= 11 is 8.75. The molecule has 1 aromatic carbocycles. The van der Waals surface area contributed by atoms with Crippen LogP contribution in [-0.2, 0) is 19.8 Å². The van der Waals surface area contributed by atoms with Gasteiger partial charge in [0, 0.05) is 18.3 Å². The van der Waals surface area contributed by atoms with Gasteiger partial charge >= 0.3 is 6.18 Å². The number of anilines is 1. The number of aryl methyl sites for hydroxylation is 1. The number of amides is 1. The molecule has 2 aromatic heterocycles. The first kappa shape index (κ1) is 20.3. The number of hydrogen-bond donors (Lipinski definition) is 1. The number of nitrogens with zero attached hydrogens (tertiary/aromatic N) is 4. The minimum absolute atomic E-state index is 0.211. The first-order valence-corrected chi connectivity index (χ1v) is 8.80. The Morgan fingerprint density at radius 1 is 1.36 bits per heavy atom. The molecule has 0 radical (unpaired) electrons. The topological polar surface area (TPSA) is 64.7 Å². The summed E-state index contributed by atoms with van der Waals surface area (Å²) in [7, 11) is 1.23. The molecule has 0 bridgehead atoms. The van der Waals surface area contributed by atoms with Crippen LogP contribution in [0.25, 0.3) is 0 Å². The standard InChI is InChI=1S/C16H11BrClF4N5O/c1-26-13(12(17)14(25-26)16(20,21)22)15(28)24-10-5-23-27(7-10)6-8-2-3-9(19)4-11(8)18/h2-5,7H,6H2,1H3,(H,24,28). The molecule has 28 heavy (non-hydrogen) atoms. The van der Waals surface area contributed by atoms with Gasteiger partial charge in [-0.1, -0.05) is 17.7 Å². The van der Waals surface area contributed by atoms with Crippen molar-refractivity contribution in [2.45, 2.75) is 12.7 Å². The lowest BCUT2D eigenvalue weighted by Gasteiger charge is -2.05. The lowest BCUT2D eigenvalue weighted by atomic mass is 10.2. The van der Waals surface area contributed by atoms with Crippen molar-refractivity contribution in [1.29, 1.82) is 0 Å².